The first-order valence-corrected chi connectivity index (χ1v) is 8.29. The van der Waals surface area contributed by atoms with Gasteiger partial charge in [0.1, 0.15) is 5.54 Å². The number of hydrogen-bond acceptors (Lipinski definition) is 5. The Morgan fingerprint density at radius 1 is 1.24 bits per heavy atom. The highest BCUT2D eigenvalue weighted by atomic mass is 16.5. The minimum Gasteiger partial charge on any atom is -0.465 e. The molecule has 1 N–H and O–H groups in total. The van der Waals surface area contributed by atoms with E-state index in [1.54, 1.807) is 0 Å². The van der Waals surface area contributed by atoms with E-state index in [4.69, 9.17) is 4.74 Å². The Kier molecular flexibility index (Phi) is 8.22. The molecule has 0 bridgehead atoms. The summed E-state index contributed by atoms with van der Waals surface area (Å²) in [6.07, 6.45) is 4.27. The minimum absolute atomic E-state index is 0.135. The van der Waals surface area contributed by atoms with Gasteiger partial charge in [-0.3, -0.25) is 4.79 Å². The number of likely N-dealkylation sites (N-methyl/N-ethyl adjacent to an activating group) is 2. The lowest BCUT2D eigenvalue weighted by molar-refractivity contribution is -0.150. The van der Waals surface area contributed by atoms with Crippen molar-refractivity contribution < 1.29 is 9.53 Å². The fourth-order valence-electron chi connectivity index (χ4n) is 2.76. The lowest BCUT2D eigenvalue weighted by Gasteiger charge is -2.27. The topological polar surface area (TPSA) is 44.8 Å². The monoisotopic (exact) mass is 299 g/mol. The number of carbonyl (C=O) groups is 1. The third-order valence-corrected chi connectivity index (χ3v) is 4.49. The summed E-state index contributed by atoms with van der Waals surface area (Å²) in [5, 5.41) is 3.12. The van der Waals surface area contributed by atoms with E-state index in [1.807, 2.05) is 20.9 Å². The van der Waals surface area contributed by atoms with Crippen molar-refractivity contribution in [2.24, 2.45) is 0 Å². The van der Waals surface area contributed by atoms with Crippen LogP contribution in [-0.2, 0) is 9.53 Å². The van der Waals surface area contributed by atoms with Gasteiger partial charge in [0.2, 0.25) is 0 Å². The van der Waals surface area contributed by atoms with Crippen molar-refractivity contribution in [3.63, 3.8) is 0 Å². The van der Waals surface area contributed by atoms with Gasteiger partial charge in [0.15, 0.2) is 0 Å². The molecule has 124 valence electrons. The van der Waals surface area contributed by atoms with Crippen LogP contribution in [0.25, 0.3) is 0 Å². The maximum Gasteiger partial charge on any atom is 0.326 e. The van der Waals surface area contributed by atoms with Crippen LogP contribution in [0.3, 0.4) is 0 Å². The number of nitrogens with zero attached hydrogens (tertiary/aromatic N) is 2. The van der Waals surface area contributed by atoms with Crippen LogP contribution in [0.5, 0.6) is 0 Å². The number of ether oxygens (including phenoxy) is 1. The zero-order valence-corrected chi connectivity index (χ0v) is 14.3. The Morgan fingerprint density at radius 2 is 2.00 bits per heavy atom. The van der Waals surface area contributed by atoms with Crippen LogP contribution in [0, 0.1) is 0 Å². The smallest absolute Gasteiger partial charge is 0.326 e. The van der Waals surface area contributed by atoms with Crippen molar-refractivity contribution in [3.05, 3.63) is 0 Å². The minimum atomic E-state index is -0.547. The molecule has 1 rings (SSSR count). The van der Waals surface area contributed by atoms with E-state index in [0.717, 1.165) is 38.9 Å². The van der Waals surface area contributed by atoms with Crippen molar-refractivity contribution in [2.45, 2.75) is 45.1 Å². The summed E-state index contributed by atoms with van der Waals surface area (Å²) in [6, 6.07) is 0. The SMILES string of the molecule is CCOC(=O)C(C)(CCCCN1CCCN(C)CC1)NC. The highest BCUT2D eigenvalue weighted by Crippen LogP contribution is 2.16. The van der Waals surface area contributed by atoms with E-state index >= 15 is 0 Å². The summed E-state index contributed by atoms with van der Waals surface area (Å²) in [4.78, 5) is 16.9. The number of unbranched alkanes of at least 4 members (excludes halogenated alkanes) is 1. The Labute approximate surface area is 130 Å². The quantitative estimate of drug-likeness (QED) is 0.541. The number of esters is 1. The highest BCUT2D eigenvalue weighted by Gasteiger charge is 2.32. The maximum absolute atomic E-state index is 12.0. The van der Waals surface area contributed by atoms with Gasteiger partial charge in [-0.25, -0.2) is 0 Å². The van der Waals surface area contributed by atoms with Gasteiger partial charge in [-0.15, -0.1) is 0 Å². The lowest BCUT2D eigenvalue weighted by atomic mass is 9.95. The van der Waals surface area contributed by atoms with Crippen molar-refractivity contribution in [2.75, 3.05) is 53.4 Å². The van der Waals surface area contributed by atoms with E-state index in [1.165, 1.54) is 19.5 Å². The van der Waals surface area contributed by atoms with Crippen LogP contribution < -0.4 is 5.32 Å². The van der Waals surface area contributed by atoms with E-state index < -0.39 is 5.54 Å². The first-order chi connectivity index (χ1) is 10.0. The van der Waals surface area contributed by atoms with Gasteiger partial charge in [-0.05, 0) is 73.3 Å². The molecule has 5 heteroatoms. The van der Waals surface area contributed by atoms with Crippen LogP contribution in [0.2, 0.25) is 0 Å². The molecule has 21 heavy (non-hydrogen) atoms. The summed E-state index contributed by atoms with van der Waals surface area (Å²) < 4.78 is 5.16. The van der Waals surface area contributed by atoms with E-state index in [2.05, 4.69) is 22.2 Å². The number of rotatable bonds is 8. The van der Waals surface area contributed by atoms with E-state index in [-0.39, 0.29) is 5.97 Å². The van der Waals surface area contributed by atoms with Crippen molar-refractivity contribution in [1.82, 2.24) is 15.1 Å². The fraction of sp³-hybridized carbons (Fsp3) is 0.938. The van der Waals surface area contributed by atoms with Crippen molar-refractivity contribution >= 4 is 5.97 Å². The van der Waals surface area contributed by atoms with E-state index in [0.29, 0.717) is 6.61 Å². The normalized spacial score (nSPS) is 20.8. The van der Waals surface area contributed by atoms with Gasteiger partial charge in [0.05, 0.1) is 6.61 Å². The molecule has 1 aliphatic rings. The zero-order valence-electron chi connectivity index (χ0n) is 14.3. The van der Waals surface area contributed by atoms with Crippen molar-refractivity contribution in [3.8, 4) is 0 Å². The number of hydrogen-bond donors (Lipinski definition) is 1. The Hall–Kier alpha value is -0.650. The zero-order chi connectivity index (χ0) is 15.7. The molecule has 5 nitrogen and oxygen atoms in total. The van der Waals surface area contributed by atoms with Gasteiger partial charge in [0.25, 0.3) is 0 Å². The standard InChI is InChI=1S/C16H33N3O2/c1-5-21-15(20)16(2,17-3)9-6-7-11-19-12-8-10-18(4)13-14-19/h17H,5-14H2,1-4H3. The molecule has 0 aliphatic carbocycles. The van der Waals surface area contributed by atoms with E-state index in [9.17, 15) is 4.79 Å². The molecule has 1 saturated heterocycles. The second kappa shape index (κ2) is 9.38. The average Bonchev–Trinajstić information content (AvgIpc) is 2.68. The van der Waals surface area contributed by atoms with Crippen LogP contribution in [0.4, 0.5) is 0 Å². The molecule has 0 aromatic heterocycles. The van der Waals surface area contributed by atoms with Crippen LogP contribution in [0.15, 0.2) is 0 Å². The predicted molar refractivity (Wildman–Crippen MR) is 86.5 cm³/mol. The molecular weight excluding hydrogens is 266 g/mol. The Morgan fingerprint density at radius 3 is 2.67 bits per heavy atom. The molecule has 0 spiro atoms. The fourth-order valence-corrected chi connectivity index (χ4v) is 2.76. The second-order valence-corrected chi connectivity index (χ2v) is 6.26. The molecule has 1 unspecified atom stereocenters. The molecule has 1 atom stereocenters. The Bertz CT molecular complexity index is 312. The molecule has 0 amide bonds. The van der Waals surface area contributed by atoms with Gasteiger partial charge in [-0.1, -0.05) is 0 Å². The first-order valence-electron chi connectivity index (χ1n) is 8.29. The summed E-state index contributed by atoms with van der Waals surface area (Å²) >= 11 is 0. The maximum atomic E-state index is 12.0. The van der Waals surface area contributed by atoms with Gasteiger partial charge in [-0.2, -0.15) is 0 Å². The summed E-state index contributed by atoms with van der Waals surface area (Å²) in [7, 11) is 4.03. The summed E-state index contributed by atoms with van der Waals surface area (Å²) in [5.41, 5.74) is -0.547. The molecule has 0 saturated carbocycles. The van der Waals surface area contributed by atoms with Gasteiger partial charge < -0.3 is 19.9 Å². The number of nitrogens with one attached hydrogen (secondary N) is 1. The first kappa shape index (κ1) is 18.4. The predicted octanol–water partition coefficient (Wildman–Crippen LogP) is 1.34. The molecular formula is C16H33N3O2. The molecule has 0 radical (unpaired) electrons. The van der Waals surface area contributed by atoms with Crippen LogP contribution >= 0.6 is 0 Å². The van der Waals surface area contributed by atoms with Crippen molar-refractivity contribution in [1.29, 1.82) is 0 Å². The average molecular weight is 299 g/mol. The van der Waals surface area contributed by atoms with Crippen LogP contribution in [0.1, 0.15) is 39.5 Å². The molecule has 1 aliphatic heterocycles. The summed E-state index contributed by atoms with van der Waals surface area (Å²) in [5.74, 6) is -0.135. The third kappa shape index (κ3) is 6.32. The van der Waals surface area contributed by atoms with Crippen LogP contribution in [-0.4, -0.2) is 74.7 Å². The summed E-state index contributed by atoms with van der Waals surface area (Å²) in [6.45, 7) is 10.1. The van der Waals surface area contributed by atoms with Gasteiger partial charge in [0, 0.05) is 13.1 Å². The largest absolute Gasteiger partial charge is 0.465 e. The molecule has 1 heterocycles. The number of carbonyl (C=O) groups excluding carboxylic acids is 1. The highest BCUT2D eigenvalue weighted by molar-refractivity contribution is 5.80. The molecule has 0 aromatic rings. The Balaban J connectivity index is 2.26. The van der Waals surface area contributed by atoms with Gasteiger partial charge >= 0.3 is 5.97 Å². The molecule has 0 aromatic carbocycles. The lowest BCUT2D eigenvalue weighted by Crippen LogP contribution is -2.48. The molecule has 1 fully saturated rings. The second-order valence-electron chi connectivity index (χ2n) is 6.26. The third-order valence-electron chi connectivity index (χ3n) is 4.49.